The van der Waals surface area contributed by atoms with E-state index in [-0.39, 0.29) is 24.8 Å². The van der Waals surface area contributed by atoms with Crippen LogP contribution in [0.1, 0.15) is 13.3 Å². The summed E-state index contributed by atoms with van der Waals surface area (Å²) in [5.74, 6) is 0.296. The van der Waals surface area contributed by atoms with Crippen molar-refractivity contribution in [2.45, 2.75) is 13.3 Å². The average Bonchev–Trinajstić information content (AvgIpc) is 3.05. The summed E-state index contributed by atoms with van der Waals surface area (Å²) >= 11 is 6.07. The molecule has 2 amide bonds. The van der Waals surface area contributed by atoms with Gasteiger partial charge < -0.3 is 19.7 Å². The molecule has 0 aromatic heterocycles. The summed E-state index contributed by atoms with van der Waals surface area (Å²) in [5.41, 5.74) is 1.16. The second-order valence-electron chi connectivity index (χ2n) is 6.14. The summed E-state index contributed by atoms with van der Waals surface area (Å²) in [4.78, 5) is 26.8. The van der Waals surface area contributed by atoms with E-state index in [1.165, 1.54) is 7.11 Å². The third kappa shape index (κ3) is 4.17. The number of halogens is 1. The van der Waals surface area contributed by atoms with Crippen LogP contribution in [0.25, 0.3) is 0 Å². The van der Waals surface area contributed by atoms with Crippen molar-refractivity contribution in [2.24, 2.45) is 5.92 Å². The number of hydrogen-bond acceptors (Lipinski definition) is 4. The van der Waals surface area contributed by atoms with Gasteiger partial charge in [-0.2, -0.15) is 0 Å². The van der Waals surface area contributed by atoms with E-state index in [1.54, 1.807) is 35.2 Å². The predicted octanol–water partition coefficient (Wildman–Crippen LogP) is 3.74. The fourth-order valence-electron chi connectivity index (χ4n) is 3.08. The monoisotopic (exact) mass is 388 g/mol. The number of carbonyl (C=O) groups excluding carboxylic acids is 2. The molecule has 6 nitrogen and oxygen atoms in total. The largest absolute Gasteiger partial charge is 0.495 e. The van der Waals surface area contributed by atoms with Crippen LogP contribution >= 0.6 is 11.6 Å². The minimum Gasteiger partial charge on any atom is -0.495 e. The molecule has 3 rings (SSSR count). The topological polar surface area (TPSA) is 67.9 Å². The summed E-state index contributed by atoms with van der Waals surface area (Å²) in [6, 6.07) is 12.3. The number of benzene rings is 2. The van der Waals surface area contributed by atoms with E-state index >= 15 is 0 Å². The molecule has 27 heavy (non-hydrogen) atoms. The third-order valence-electron chi connectivity index (χ3n) is 4.37. The second kappa shape index (κ2) is 8.31. The van der Waals surface area contributed by atoms with E-state index in [0.29, 0.717) is 34.5 Å². The Morgan fingerprint density at radius 2 is 2.04 bits per heavy atom. The molecule has 1 aliphatic heterocycles. The van der Waals surface area contributed by atoms with Crippen LogP contribution in [0.5, 0.6) is 11.5 Å². The number of carbonyl (C=O) groups is 2. The van der Waals surface area contributed by atoms with Gasteiger partial charge in [-0.15, -0.1) is 0 Å². The van der Waals surface area contributed by atoms with E-state index in [2.05, 4.69) is 5.32 Å². The summed E-state index contributed by atoms with van der Waals surface area (Å²) in [6.07, 6.45) is 0.123. The summed E-state index contributed by atoms with van der Waals surface area (Å²) in [7, 11) is 1.53. The average molecular weight is 389 g/mol. The molecule has 2 aromatic carbocycles. The van der Waals surface area contributed by atoms with E-state index in [9.17, 15) is 9.59 Å². The SMILES string of the molecule is CCOc1ccccc1NC(=O)[C@H]1CC(=O)N(c2cc(Cl)ccc2OC)C1. The number of hydrogen-bond donors (Lipinski definition) is 1. The van der Waals surface area contributed by atoms with Crippen molar-refractivity contribution in [1.29, 1.82) is 0 Å². The minimum absolute atomic E-state index is 0.123. The molecule has 2 aromatic rings. The molecular weight excluding hydrogens is 368 g/mol. The number of nitrogens with one attached hydrogen (secondary N) is 1. The fourth-order valence-corrected chi connectivity index (χ4v) is 3.24. The highest BCUT2D eigenvalue weighted by atomic mass is 35.5. The Balaban J connectivity index is 1.76. The molecule has 0 radical (unpaired) electrons. The van der Waals surface area contributed by atoms with Gasteiger partial charge in [-0.3, -0.25) is 9.59 Å². The van der Waals surface area contributed by atoms with Crippen LogP contribution < -0.4 is 19.7 Å². The molecule has 0 aliphatic carbocycles. The molecule has 7 heteroatoms. The number of anilines is 2. The van der Waals surface area contributed by atoms with E-state index < -0.39 is 5.92 Å². The first-order valence-electron chi connectivity index (χ1n) is 8.70. The summed E-state index contributed by atoms with van der Waals surface area (Å²) in [6.45, 7) is 2.64. The van der Waals surface area contributed by atoms with Crippen LogP contribution in [0.3, 0.4) is 0 Å². The van der Waals surface area contributed by atoms with Gasteiger partial charge in [-0.05, 0) is 37.3 Å². The fraction of sp³-hybridized carbons (Fsp3) is 0.300. The van der Waals surface area contributed by atoms with E-state index in [1.807, 2.05) is 19.1 Å². The standard InChI is InChI=1S/C20H21ClN2O4/c1-3-27-17-7-5-4-6-15(17)22-20(25)13-10-19(24)23(12-13)16-11-14(21)8-9-18(16)26-2/h4-9,11,13H,3,10,12H2,1-2H3,(H,22,25)/t13-/m0/s1. The van der Waals surface area contributed by atoms with Gasteiger partial charge in [0.1, 0.15) is 11.5 Å². The smallest absolute Gasteiger partial charge is 0.229 e. The molecule has 1 atom stereocenters. The van der Waals surface area contributed by atoms with Crippen LogP contribution in [-0.2, 0) is 9.59 Å². The molecule has 1 N–H and O–H groups in total. The van der Waals surface area contributed by atoms with Crippen molar-refractivity contribution in [3.8, 4) is 11.5 Å². The Hall–Kier alpha value is -2.73. The van der Waals surface area contributed by atoms with Gasteiger partial charge in [0.05, 0.1) is 31.0 Å². The lowest BCUT2D eigenvalue weighted by atomic mass is 10.1. The Labute approximate surface area is 163 Å². The van der Waals surface area contributed by atoms with Crippen molar-refractivity contribution in [3.05, 3.63) is 47.5 Å². The zero-order valence-electron chi connectivity index (χ0n) is 15.2. The number of methoxy groups -OCH3 is 1. The van der Waals surface area contributed by atoms with Crippen LogP contribution in [0.4, 0.5) is 11.4 Å². The Kier molecular flexibility index (Phi) is 5.86. The molecule has 0 bridgehead atoms. The lowest BCUT2D eigenvalue weighted by Gasteiger charge is -2.20. The molecule has 142 valence electrons. The van der Waals surface area contributed by atoms with Crippen molar-refractivity contribution in [3.63, 3.8) is 0 Å². The third-order valence-corrected chi connectivity index (χ3v) is 4.61. The lowest BCUT2D eigenvalue weighted by molar-refractivity contribution is -0.122. The van der Waals surface area contributed by atoms with Gasteiger partial charge in [0.15, 0.2) is 0 Å². The van der Waals surface area contributed by atoms with Crippen LogP contribution in [0.15, 0.2) is 42.5 Å². The van der Waals surface area contributed by atoms with Gasteiger partial charge in [0.25, 0.3) is 0 Å². The maximum absolute atomic E-state index is 12.7. The van der Waals surface area contributed by atoms with Gasteiger partial charge in [-0.25, -0.2) is 0 Å². The number of ether oxygens (including phenoxy) is 2. The van der Waals surface area contributed by atoms with Crippen molar-refractivity contribution < 1.29 is 19.1 Å². The number of para-hydroxylation sites is 2. The highest BCUT2D eigenvalue weighted by molar-refractivity contribution is 6.31. The number of rotatable bonds is 6. The highest BCUT2D eigenvalue weighted by Gasteiger charge is 2.36. The van der Waals surface area contributed by atoms with Gasteiger partial charge in [0.2, 0.25) is 11.8 Å². The first-order chi connectivity index (χ1) is 13.0. The molecule has 1 fully saturated rings. The first kappa shape index (κ1) is 19.0. The van der Waals surface area contributed by atoms with Gasteiger partial charge in [-0.1, -0.05) is 23.7 Å². The Morgan fingerprint density at radius 3 is 2.78 bits per heavy atom. The molecule has 1 heterocycles. The molecule has 1 aliphatic rings. The maximum atomic E-state index is 12.7. The predicted molar refractivity (Wildman–Crippen MR) is 105 cm³/mol. The minimum atomic E-state index is -0.476. The maximum Gasteiger partial charge on any atom is 0.229 e. The van der Waals surface area contributed by atoms with Crippen LogP contribution in [0.2, 0.25) is 5.02 Å². The van der Waals surface area contributed by atoms with Gasteiger partial charge >= 0.3 is 0 Å². The number of amides is 2. The highest BCUT2D eigenvalue weighted by Crippen LogP contribution is 2.35. The van der Waals surface area contributed by atoms with E-state index in [0.717, 1.165) is 0 Å². The van der Waals surface area contributed by atoms with Crippen molar-refractivity contribution in [2.75, 3.05) is 30.5 Å². The Morgan fingerprint density at radius 1 is 1.26 bits per heavy atom. The molecular formula is C20H21ClN2O4. The van der Waals surface area contributed by atoms with Crippen molar-refractivity contribution in [1.82, 2.24) is 0 Å². The van der Waals surface area contributed by atoms with Crippen LogP contribution in [0, 0.1) is 5.92 Å². The van der Waals surface area contributed by atoms with Crippen LogP contribution in [-0.4, -0.2) is 32.1 Å². The molecule has 1 saturated heterocycles. The quantitative estimate of drug-likeness (QED) is 0.818. The Bertz CT molecular complexity index is 856. The zero-order valence-corrected chi connectivity index (χ0v) is 16.0. The van der Waals surface area contributed by atoms with Crippen molar-refractivity contribution >= 4 is 34.8 Å². The second-order valence-corrected chi connectivity index (χ2v) is 6.58. The molecule has 0 spiro atoms. The first-order valence-corrected chi connectivity index (χ1v) is 9.08. The molecule has 0 saturated carbocycles. The summed E-state index contributed by atoms with van der Waals surface area (Å²) in [5, 5.41) is 3.37. The van der Waals surface area contributed by atoms with Gasteiger partial charge in [0, 0.05) is 18.0 Å². The lowest BCUT2D eigenvalue weighted by Crippen LogP contribution is -2.28. The number of nitrogens with zero attached hydrogens (tertiary/aromatic N) is 1. The summed E-state index contributed by atoms with van der Waals surface area (Å²) < 4.78 is 10.9. The molecule has 0 unspecified atom stereocenters. The normalized spacial score (nSPS) is 16.3. The van der Waals surface area contributed by atoms with E-state index in [4.69, 9.17) is 21.1 Å². The zero-order chi connectivity index (χ0) is 19.4.